The zero-order valence-electron chi connectivity index (χ0n) is 10.3. The van der Waals surface area contributed by atoms with Crippen LogP contribution in [0.4, 0.5) is 5.69 Å². The minimum absolute atomic E-state index is 0.0275. The van der Waals surface area contributed by atoms with Crippen molar-refractivity contribution in [1.82, 2.24) is 15.0 Å². The van der Waals surface area contributed by atoms with Crippen molar-refractivity contribution in [2.75, 3.05) is 0 Å². The summed E-state index contributed by atoms with van der Waals surface area (Å²) in [7, 11) is 0. The van der Waals surface area contributed by atoms with E-state index in [1.807, 2.05) is 0 Å². The second kappa shape index (κ2) is 4.41. The van der Waals surface area contributed by atoms with Crippen molar-refractivity contribution in [2.45, 2.75) is 18.8 Å². The molecule has 8 heteroatoms. The van der Waals surface area contributed by atoms with Gasteiger partial charge in [-0.25, -0.2) is 9.48 Å². The number of nitro groups is 1. The molecule has 0 amide bonds. The monoisotopic (exact) mass is 274 g/mol. The van der Waals surface area contributed by atoms with E-state index in [-0.39, 0.29) is 17.3 Å². The van der Waals surface area contributed by atoms with Crippen molar-refractivity contribution in [2.24, 2.45) is 0 Å². The Morgan fingerprint density at radius 1 is 1.35 bits per heavy atom. The number of carboxylic acid groups (broad SMARTS) is 1. The third-order valence-electron chi connectivity index (χ3n) is 3.18. The lowest BCUT2D eigenvalue weighted by Crippen LogP contribution is -2.05. The smallest absolute Gasteiger partial charge is 0.358 e. The second-order valence-corrected chi connectivity index (χ2v) is 4.59. The van der Waals surface area contributed by atoms with E-state index in [1.165, 1.54) is 28.9 Å². The Hall–Kier alpha value is -2.77. The molecule has 0 spiro atoms. The number of carbonyl (C=O) groups is 1. The lowest BCUT2D eigenvalue weighted by Gasteiger charge is -2.05. The van der Waals surface area contributed by atoms with Gasteiger partial charge in [0.15, 0.2) is 5.69 Å². The molecule has 0 unspecified atom stereocenters. The predicted octanol–water partition coefficient (Wildman–Crippen LogP) is 1.75. The number of non-ortho nitro benzene ring substituents is 1. The molecule has 8 nitrogen and oxygen atoms in total. The molecule has 2 aromatic rings. The van der Waals surface area contributed by atoms with Gasteiger partial charge in [0.2, 0.25) is 0 Å². The van der Waals surface area contributed by atoms with E-state index in [2.05, 4.69) is 10.3 Å². The molecule has 1 aliphatic rings. The van der Waals surface area contributed by atoms with E-state index < -0.39 is 10.9 Å². The Balaban J connectivity index is 2.05. The number of aromatic nitrogens is 3. The summed E-state index contributed by atoms with van der Waals surface area (Å²) < 4.78 is 1.45. The predicted molar refractivity (Wildman–Crippen MR) is 66.9 cm³/mol. The van der Waals surface area contributed by atoms with Gasteiger partial charge in [-0.1, -0.05) is 5.21 Å². The summed E-state index contributed by atoms with van der Waals surface area (Å²) in [5.41, 5.74) is 1.05. The number of benzene rings is 1. The van der Waals surface area contributed by atoms with Crippen LogP contribution in [0.25, 0.3) is 5.69 Å². The lowest BCUT2D eigenvalue weighted by molar-refractivity contribution is -0.384. The highest BCUT2D eigenvalue weighted by Crippen LogP contribution is 2.41. The van der Waals surface area contributed by atoms with Crippen LogP contribution in [0.1, 0.15) is 34.9 Å². The summed E-state index contributed by atoms with van der Waals surface area (Å²) in [5.74, 6) is -0.966. The molecular formula is C12H10N4O4. The number of rotatable bonds is 4. The molecule has 1 aliphatic carbocycles. The van der Waals surface area contributed by atoms with Gasteiger partial charge in [0.1, 0.15) is 0 Å². The largest absolute Gasteiger partial charge is 0.476 e. The fourth-order valence-corrected chi connectivity index (χ4v) is 2.07. The van der Waals surface area contributed by atoms with Crippen molar-refractivity contribution in [1.29, 1.82) is 0 Å². The van der Waals surface area contributed by atoms with Gasteiger partial charge in [0, 0.05) is 18.1 Å². The van der Waals surface area contributed by atoms with Crippen LogP contribution < -0.4 is 0 Å². The van der Waals surface area contributed by atoms with Gasteiger partial charge in [-0.3, -0.25) is 10.1 Å². The molecule has 1 aromatic carbocycles. The summed E-state index contributed by atoms with van der Waals surface area (Å²) in [4.78, 5) is 21.3. The van der Waals surface area contributed by atoms with E-state index in [4.69, 9.17) is 5.11 Å². The molecule has 1 saturated carbocycles. The van der Waals surface area contributed by atoms with Crippen LogP contribution in [-0.2, 0) is 0 Å². The Kier molecular flexibility index (Phi) is 2.70. The minimum Gasteiger partial charge on any atom is -0.476 e. The molecule has 0 radical (unpaired) electrons. The number of aromatic carboxylic acids is 1. The minimum atomic E-state index is -1.11. The van der Waals surface area contributed by atoms with Gasteiger partial charge in [0.05, 0.1) is 16.3 Å². The maximum Gasteiger partial charge on any atom is 0.358 e. The number of nitro benzene ring substituents is 1. The van der Waals surface area contributed by atoms with Gasteiger partial charge < -0.3 is 5.11 Å². The van der Waals surface area contributed by atoms with Crippen LogP contribution in [0.3, 0.4) is 0 Å². The highest BCUT2D eigenvalue weighted by atomic mass is 16.6. The summed E-state index contributed by atoms with van der Waals surface area (Å²) in [5, 5.41) is 27.3. The number of hydrogen-bond donors (Lipinski definition) is 1. The zero-order chi connectivity index (χ0) is 14.3. The summed E-state index contributed by atoms with van der Waals surface area (Å²) in [6.07, 6.45) is 1.81. The molecule has 3 rings (SSSR count). The fourth-order valence-electron chi connectivity index (χ4n) is 2.07. The molecular weight excluding hydrogens is 264 g/mol. The van der Waals surface area contributed by atoms with E-state index in [0.29, 0.717) is 11.4 Å². The lowest BCUT2D eigenvalue weighted by atomic mass is 10.2. The standard InChI is InChI=1S/C12H10N4O4/c17-12(18)10-11(7-1-2-7)15(14-13-10)8-3-5-9(6-4-8)16(19)20/h3-7H,1-2H2,(H,17,18). The Morgan fingerprint density at radius 2 is 2.00 bits per heavy atom. The average Bonchev–Trinajstić information content (AvgIpc) is 3.17. The van der Waals surface area contributed by atoms with Crippen molar-refractivity contribution >= 4 is 11.7 Å². The molecule has 0 aliphatic heterocycles. The Labute approximate surface area is 112 Å². The van der Waals surface area contributed by atoms with Crippen molar-refractivity contribution in [3.8, 4) is 5.69 Å². The topological polar surface area (TPSA) is 111 Å². The zero-order valence-corrected chi connectivity index (χ0v) is 10.3. The molecule has 1 aromatic heterocycles. The van der Waals surface area contributed by atoms with Crippen LogP contribution in [0, 0.1) is 10.1 Å². The third-order valence-corrected chi connectivity index (χ3v) is 3.18. The second-order valence-electron chi connectivity index (χ2n) is 4.59. The molecule has 20 heavy (non-hydrogen) atoms. The van der Waals surface area contributed by atoms with Gasteiger partial charge in [-0.15, -0.1) is 5.10 Å². The van der Waals surface area contributed by atoms with E-state index >= 15 is 0 Å². The first kappa shape index (κ1) is 12.3. The Morgan fingerprint density at radius 3 is 2.50 bits per heavy atom. The first-order chi connectivity index (χ1) is 9.58. The highest BCUT2D eigenvalue weighted by Gasteiger charge is 2.34. The van der Waals surface area contributed by atoms with Crippen LogP contribution in [-0.4, -0.2) is 31.0 Å². The maximum atomic E-state index is 11.1. The van der Waals surface area contributed by atoms with E-state index in [1.54, 1.807) is 0 Å². The Bertz CT molecular complexity index is 688. The van der Waals surface area contributed by atoms with Crippen LogP contribution >= 0.6 is 0 Å². The number of carboxylic acids is 1. The molecule has 0 atom stereocenters. The normalized spacial score (nSPS) is 14.2. The van der Waals surface area contributed by atoms with Crippen LogP contribution in [0.2, 0.25) is 0 Å². The number of nitrogens with zero attached hydrogens (tertiary/aromatic N) is 4. The van der Waals surface area contributed by atoms with Gasteiger partial charge in [-0.05, 0) is 25.0 Å². The quantitative estimate of drug-likeness (QED) is 0.671. The summed E-state index contributed by atoms with van der Waals surface area (Å²) >= 11 is 0. The van der Waals surface area contributed by atoms with Gasteiger partial charge in [-0.2, -0.15) is 0 Å². The van der Waals surface area contributed by atoms with E-state index in [9.17, 15) is 14.9 Å². The fraction of sp³-hybridized carbons (Fsp3) is 0.250. The molecule has 0 saturated heterocycles. The average molecular weight is 274 g/mol. The summed E-state index contributed by atoms with van der Waals surface area (Å²) in [6.45, 7) is 0. The van der Waals surface area contributed by atoms with Crippen LogP contribution in [0.15, 0.2) is 24.3 Å². The highest BCUT2D eigenvalue weighted by molar-refractivity contribution is 5.87. The van der Waals surface area contributed by atoms with Crippen molar-refractivity contribution in [3.05, 3.63) is 45.8 Å². The van der Waals surface area contributed by atoms with E-state index in [0.717, 1.165) is 12.8 Å². The molecule has 102 valence electrons. The molecule has 1 N–H and O–H groups in total. The SMILES string of the molecule is O=C(O)c1nnn(-c2ccc([N+](=O)[O-])cc2)c1C1CC1. The first-order valence-corrected chi connectivity index (χ1v) is 6.01. The van der Waals surface area contributed by atoms with Crippen LogP contribution in [0.5, 0.6) is 0 Å². The maximum absolute atomic E-state index is 11.1. The molecule has 1 heterocycles. The third kappa shape index (κ3) is 2.00. The van der Waals surface area contributed by atoms with Crippen molar-refractivity contribution in [3.63, 3.8) is 0 Å². The molecule has 1 fully saturated rings. The van der Waals surface area contributed by atoms with Crippen molar-refractivity contribution < 1.29 is 14.8 Å². The first-order valence-electron chi connectivity index (χ1n) is 6.01. The number of hydrogen-bond acceptors (Lipinski definition) is 5. The van der Waals surface area contributed by atoms with Gasteiger partial charge >= 0.3 is 5.97 Å². The summed E-state index contributed by atoms with van der Waals surface area (Å²) in [6, 6.07) is 5.77. The van der Waals surface area contributed by atoms with Gasteiger partial charge in [0.25, 0.3) is 5.69 Å². The molecule has 0 bridgehead atoms.